The zero-order valence-electron chi connectivity index (χ0n) is 17.8. The van der Waals surface area contributed by atoms with Gasteiger partial charge in [0, 0.05) is 25.2 Å². The first-order valence-electron chi connectivity index (χ1n) is 9.94. The van der Waals surface area contributed by atoms with Crippen molar-refractivity contribution in [2.45, 2.75) is 38.6 Å². The first-order valence-corrected chi connectivity index (χ1v) is 9.94. The number of nitrogens with zero attached hydrogens (tertiary/aromatic N) is 2. The lowest BCUT2D eigenvalue weighted by molar-refractivity contribution is -0.129. The average molecular weight is 391 g/mol. The largest absolute Gasteiger partial charge is 0.502 e. The standard InChI is InChI=1S/C22H34N2O4/c1-16-6-9-18(10-7-16)24(13-12-23(2)3)21(25)11-8-17-14-19(27-4)22(26)20(15-17)28-5/h8,11,14-16,18,26H,6-7,9-10,12-13H2,1-5H3/b11-8+. The van der Waals surface area contributed by atoms with Crippen molar-refractivity contribution in [3.05, 3.63) is 23.8 Å². The summed E-state index contributed by atoms with van der Waals surface area (Å²) in [7, 11) is 7.02. The molecule has 0 heterocycles. The third-order valence-electron chi connectivity index (χ3n) is 5.42. The van der Waals surface area contributed by atoms with Crippen LogP contribution in [0.5, 0.6) is 17.2 Å². The van der Waals surface area contributed by atoms with Crippen molar-refractivity contribution in [2.24, 2.45) is 5.92 Å². The van der Waals surface area contributed by atoms with Crippen molar-refractivity contribution in [1.29, 1.82) is 0 Å². The molecular formula is C22H34N2O4. The molecule has 6 nitrogen and oxygen atoms in total. The molecule has 0 aliphatic heterocycles. The summed E-state index contributed by atoms with van der Waals surface area (Å²) in [5, 5.41) is 10.0. The number of hydrogen-bond acceptors (Lipinski definition) is 5. The van der Waals surface area contributed by atoms with Crippen molar-refractivity contribution in [1.82, 2.24) is 9.80 Å². The highest BCUT2D eigenvalue weighted by Crippen LogP contribution is 2.37. The number of aromatic hydroxyl groups is 1. The highest BCUT2D eigenvalue weighted by atomic mass is 16.5. The van der Waals surface area contributed by atoms with Crippen LogP contribution in [0.3, 0.4) is 0 Å². The molecule has 2 rings (SSSR count). The zero-order chi connectivity index (χ0) is 20.7. The maximum Gasteiger partial charge on any atom is 0.246 e. The van der Waals surface area contributed by atoms with E-state index in [4.69, 9.17) is 9.47 Å². The number of carbonyl (C=O) groups is 1. The van der Waals surface area contributed by atoms with Crippen LogP contribution >= 0.6 is 0 Å². The van der Waals surface area contributed by atoms with E-state index in [1.165, 1.54) is 27.1 Å². The van der Waals surface area contributed by atoms with Gasteiger partial charge in [0.15, 0.2) is 11.5 Å². The molecule has 1 saturated carbocycles. The number of methoxy groups -OCH3 is 2. The molecule has 156 valence electrons. The van der Waals surface area contributed by atoms with E-state index >= 15 is 0 Å². The summed E-state index contributed by atoms with van der Waals surface area (Å²) in [6, 6.07) is 3.68. The third-order valence-corrected chi connectivity index (χ3v) is 5.42. The van der Waals surface area contributed by atoms with Gasteiger partial charge in [0.1, 0.15) is 0 Å². The van der Waals surface area contributed by atoms with Crippen LogP contribution in [-0.2, 0) is 4.79 Å². The molecule has 1 N–H and O–H groups in total. The van der Waals surface area contributed by atoms with Gasteiger partial charge in [0.05, 0.1) is 14.2 Å². The van der Waals surface area contributed by atoms with Gasteiger partial charge in [-0.1, -0.05) is 6.92 Å². The van der Waals surface area contributed by atoms with Crippen molar-refractivity contribution in [3.63, 3.8) is 0 Å². The quantitative estimate of drug-likeness (QED) is 0.690. The van der Waals surface area contributed by atoms with Crippen LogP contribution in [0.15, 0.2) is 18.2 Å². The predicted octanol–water partition coefficient (Wildman–Crippen LogP) is 3.39. The Morgan fingerprint density at radius 1 is 1.11 bits per heavy atom. The van der Waals surface area contributed by atoms with Gasteiger partial charge in [-0.15, -0.1) is 0 Å². The molecule has 1 amide bonds. The van der Waals surface area contributed by atoms with Crippen molar-refractivity contribution in [2.75, 3.05) is 41.4 Å². The molecule has 1 aliphatic rings. The fourth-order valence-electron chi connectivity index (χ4n) is 3.61. The van der Waals surface area contributed by atoms with E-state index < -0.39 is 0 Å². The Hall–Kier alpha value is -2.21. The second kappa shape index (κ2) is 10.4. The van der Waals surface area contributed by atoms with E-state index in [9.17, 15) is 9.90 Å². The van der Waals surface area contributed by atoms with Crippen LogP contribution in [0, 0.1) is 5.92 Å². The first kappa shape index (κ1) is 22.1. The Labute approximate surface area is 168 Å². The minimum Gasteiger partial charge on any atom is -0.502 e. The Balaban J connectivity index is 2.17. The highest BCUT2D eigenvalue weighted by Gasteiger charge is 2.26. The lowest BCUT2D eigenvalue weighted by Gasteiger charge is -2.36. The Kier molecular flexibility index (Phi) is 8.18. The van der Waals surface area contributed by atoms with E-state index in [-0.39, 0.29) is 11.7 Å². The number of ether oxygens (including phenoxy) is 2. The van der Waals surface area contributed by atoms with E-state index in [0.717, 1.165) is 37.4 Å². The summed E-state index contributed by atoms with van der Waals surface area (Å²) >= 11 is 0. The summed E-state index contributed by atoms with van der Waals surface area (Å²) in [6.07, 6.45) is 7.84. The molecule has 28 heavy (non-hydrogen) atoms. The van der Waals surface area contributed by atoms with Crippen LogP contribution in [0.25, 0.3) is 6.08 Å². The lowest BCUT2D eigenvalue weighted by Crippen LogP contribution is -2.44. The second-order valence-corrected chi connectivity index (χ2v) is 7.86. The number of rotatable bonds is 8. The smallest absolute Gasteiger partial charge is 0.246 e. The number of amides is 1. The van der Waals surface area contributed by atoms with E-state index in [0.29, 0.717) is 17.5 Å². The molecule has 1 fully saturated rings. The number of likely N-dealkylation sites (N-methyl/N-ethyl adjacent to an activating group) is 1. The number of phenolic OH excluding ortho intramolecular Hbond substituents is 1. The van der Waals surface area contributed by atoms with Crippen molar-refractivity contribution >= 4 is 12.0 Å². The van der Waals surface area contributed by atoms with Crippen molar-refractivity contribution in [3.8, 4) is 17.2 Å². The molecule has 0 unspecified atom stereocenters. The topological polar surface area (TPSA) is 62.2 Å². The maximum absolute atomic E-state index is 13.0. The van der Waals surface area contributed by atoms with Gasteiger partial charge in [0.2, 0.25) is 11.7 Å². The number of phenols is 1. The first-order chi connectivity index (χ1) is 13.3. The number of benzene rings is 1. The molecule has 1 aromatic carbocycles. The van der Waals surface area contributed by atoms with Gasteiger partial charge in [-0.25, -0.2) is 0 Å². The monoisotopic (exact) mass is 390 g/mol. The van der Waals surface area contributed by atoms with Gasteiger partial charge in [-0.2, -0.15) is 0 Å². The van der Waals surface area contributed by atoms with E-state index in [1.807, 2.05) is 19.0 Å². The van der Waals surface area contributed by atoms with Gasteiger partial charge in [0.25, 0.3) is 0 Å². The Bertz CT molecular complexity index is 654. The van der Waals surface area contributed by atoms with Gasteiger partial charge >= 0.3 is 0 Å². The number of hydrogen-bond donors (Lipinski definition) is 1. The summed E-state index contributed by atoms with van der Waals surface area (Å²) in [5.41, 5.74) is 0.740. The molecule has 1 aliphatic carbocycles. The summed E-state index contributed by atoms with van der Waals surface area (Å²) < 4.78 is 10.4. The summed E-state index contributed by atoms with van der Waals surface area (Å²) in [4.78, 5) is 17.1. The average Bonchev–Trinajstić information content (AvgIpc) is 2.68. The highest BCUT2D eigenvalue weighted by molar-refractivity contribution is 5.92. The molecule has 0 atom stereocenters. The molecule has 0 saturated heterocycles. The minimum absolute atomic E-state index is 0.0208. The third kappa shape index (κ3) is 5.89. The lowest BCUT2D eigenvalue weighted by atomic mass is 9.86. The van der Waals surface area contributed by atoms with Crippen LogP contribution in [-0.4, -0.2) is 68.3 Å². The molecule has 1 aromatic rings. The Morgan fingerprint density at radius 2 is 1.68 bits per heavy atom. The van der Waals surface area contributed by atoms with Gasteiger partial charge in [-0.05, 0) is 69.5 Å². The zero-order valence-corrected chi connectivity index (χ0v) is 17.8. The molecule has 0 spiro atoms. The molecule has 0 radical (unpaired) electrons. The number of carbonyl (C=O) groups excluding carboxylic acids is 1. The van der Waals surface area contributed by atoms with Crippen LogP contribution in [0.2, 0.25) is 0 Å². The van der Waals surface area contributed by atoms with Crippen molar-refractivity contribution < 1.29 is 19.4 Å². The summed E-state index contributed by atoms with van der Waals surface area (Å²) in [6.45, 7) is 3.84. The van der Waals surface area contributed by atoms with E-state index in [1.54, 1.807) is 24.3 Å². The van der Waals surface area contributed by atoms with Gasteiger partial charge in [-0.3, -0.25) is 4.79 Å². The normalized spacial score (nSPS) is 19.8. The van der Waals surface area contributed by atoms with Crippen LogP contribution in [0.4, 0.5) is 0 Å². The predicted molar refractivity (Wildman–Crippen MR) is 112 cm³/mol. The molecule has 0 aromatic heterocycles. The summed E-state index contributed by atoms with van der Waals surface area (Å²) in [5.74, 6) is 1.36. The fourth-order valence-corrected chi connectivity index (χ4v) is 3.61. The van der Waals surface area contributed by atoms with Crippen LogP contribution in [0.1, 0.15) is 38.2 Å². The Morgan fingerprint density at radius 3 is 2.18 bits per heavy atom. The maximum atomic E-state index is 13.0. The van der Waals surface area contributed by atoms with Crippen LogP contribution < -0.4 is 9.47 Å². The fraction of sp³-hybridized carbons (Fsp3) is 0.591. The second-order valence-electron chi connectivity index (χ2n) is 7.86. The SMILES string of the molecule is COc1cc(/C=C/C(=O)N(CCN(C)C)C2CCC(C)CC2)cc(OC)c1O. The van der Waals surface area contributed by atoms with Gasteiger partial charge < -0.3 is 24.4 Å². The molecule has 6 heteroatoms. The van der Waals surface area contributed by atoms with E-state index in [2.05, 4.69) is 11.8 Å². The minimum atomic E-state index is -0.0441. The molecule has 0 bridgehead atoms. The molecular weight excluding hydrogens is 356 g/mol.